The summed E-state index contributed by atoms with van der Waals surface area (Å²) in [4.78, 5) is 26.1. The number of carbonyl (C=O) groups is 2. The van der Waals surface area contributed by atoms with E-state index in [4.69, 9.17) is 0 Å². The van der Waals surface area contributed by atoms with Crippen molar-refractivity contribution in [2.75, 3.05) is 20.1 Å². The number of likely N-dealkylation sites (N-methyl/N-ethyl adjacent to an activating group) is 1. The molecule has 8 heteroatoms. The van der Waals surface area contributed by atoms with Crippen LogP contribution in [0.4, 0.5) is 13.6 Å². The van der Waals surface area contributed by atoms with Crippen molar-refractivity contribution in [1.82, 2.24) is 15.2 Å². The number of urea groups is 1. The molecule has 29 heavy (non-hydrogen) atoms. The Balaban J connectivity index is 1.89. The summed E-state index contributed by atoms with van der Waals surface area (Å²) in [5.74, 6) is -1.26. The third-order valence-electron chi connectivity index (χ3n) is 4.65. The first-order valence-corrected chi connectivity index (χ1v) is 9.29. The summed E-state index contributed by atoms with van der Waals surface area (Å²) in [6.45, 7) is 2.00. The predicted octanol–water partition coefficient (Wildman–Crippen LogP) is 3.30. The van der Waals surface area contributed by atoms with Gasteiger partial charge in [0.25, 0.3) is 5.91 Å². The average Bonchev–Trinajstić information content (AvgIpc) is 3.14. The summed E-state index contributed by atoms with van der Waals surface area (Å²) in [6.07, 6.45) is 0.281. The summed E-state index contributed by atoms with van der Waals surface area (Å²) < 4.78 is 27.7. The van der Waals surface area contributed by atoms with E-state index in [2.05, 4.69) is 10.4 Å². The second-order valence-corrected chi connectivity index (χ2v) is 6.72. The van der Waals surface area contributed by atoms with Crippen LogP contribution >= 0.6 is 0 Å². The van der Waals surface area contributed by atoms with Crippen molar-refractivity contribution in [2.45, 2.75) is 19.4 Å². The highest BCUT2D eigenvalue weighted by atomic mass is 19.1. The van der Waals surface area contributed by atoms with Crippen LogP contribution in [0.1, 0.15) is 30.5 Å². The van der Waals surface area contributed by atoms with E-state index in [0.29, 0.717) is 23.4 Å². The van der Waals surface area contributed by atoms with E-state index in [-0.39, 0.29) is 24.8 Å². The summed E-state index contributed by atoms with van der Waals surface area (Å²) in [6, 6.07) is 10.9. The smallest absolute Gasteiger partial charge is 0.317 e. The third kappa shape index (κ3) is 4.59. The molecule has 1 aliphatic rings. The fraction of sp³-hybridized carbons (Fsp3) is 0.286. The van der Waals surface area contributed by atoms with Gasteiger partial charge in [-0.1, -0.05) is 30.3 Å². The quantitative estimate of drug-likeness (QED) is 0.837. The van der Waals surface area contributed by atoms with E-state index in [0.717, 1.165) is 0 Å². The van der Waals surface area contributed by atoms with Crippen LogP contribution < -0.4 is 5.32 Å². The zero-order valence-electron chi connectivity index (χ0n) is 16.2. The Morgan fingerprint density at radius 2 is 1.86 bits per heavy atom. The van der Waals surface area contributed by atoms with Crippen LogP contribution in [0.2, 0.25) is 0 Å². The van der Waals surface area contributed by atoms with E-state index in [1.807, 2.05) is 0 Å². The molecule has 1 atom stereocenters. The zero-order valence-corrected chi connectivity index (χ0v) is 16.2. The standard InChI is InChI=1S/C21H22F2N4O2/c1-3-24-21(29)26(2)13-20(28)27-19(16-6-4-5-7-17(16)23)12-18(25-27)14-8-10-15(22)11-9-14/h4-11,19H,3,12-13H2,1-2H3,(H,24,29). The van der Waals surface area contributed by atoms with Crippen LogP contribution in [0.5, 0.6) is 0 Å². The second-order valence-electron chi connectivity index (χ2n) is 6.72. The molecule has 1 N–H and O–H groups in total. The Kier molecular flexibility index (Phi) is 6.21. The highest BCUT2D eigenvalue weighted by Gasteiger charge is 2.35. The predicted molar refractivity (Wildman–Crippen MR) is 105 cm³/mol. The molecule has 0 aliphatic carbocycles. The fourth-order valence-corrected chi connectivity index (χ4v) is 3.18. The Morgan fingerprint density at radius 3 is 2.52 bits per heavy atom. The fourth-order valence-electron chi connectivity index (χ4n) is 3.18. The lowest BCUT2D eigenvalue weighted by molar-refractivity contribution is -0.133. The number of amides is 3. The number of carbonyl (C=O) groups excluding carboxylic acids is 2. The molecule has 0 spiro atoms. The first-order chi connectivity index (χ1) is 13.9. The highest BCUT2D eigenvalue weighted by molar-refractivity contribution is 6.03. The summed E-state index contributed by atoms with van der Waals surface area (Å²) in [7, 11) is 1.50. The van der Waals surface area contributed by atoms with Crippen molar-refractivity contribution < 1.29 is 18.4 Å². The van der Waals surface area contributed by atoms with Gasteiger partial charge in [-0.2, -0.15) is 5.10 Å². The van der Waals surface area contributed by atoms with Crippen LogP contribution in [0, 0.1) is 11.6 Å². The molecule has 2 aromatic carbocycles. The summed E-state index contributed by atoms with van der Waals surface area (Å²) in [5.41, 5.74) is 1.54. The number of nitrogens with zero attached hydrogens (tertiary/aromatic N) is 3. The minimum Gasteiger partial charge on any atom is -0.338 e. The lowest BCUT2D eigenvalue weighted by atomic mass is 9.98. The molecule has 0 saturated heterocycles. The maximum atomic E-state index is 14.4. The van der Waals surface area contributed by atoms with Gasteiger partial charge in [0.05, 0.1) is 11.8 Å². The number of hydrazone groups is 1. The molecule has 3 amide bonds. The molecule has 0 radical (unpaired) electrons. The van der Waals surface area contributed by atoms with Gasteiger partial charge < -0.3 is 10.2 Å². The zero-order chi connectivity index (χ0) is 21.0. The molecule has 2 aromatic rings. The van der Waals surface area contributed by atoms with E-state index in [1.165, 1.54) is 35.2 Å². The molecule has 1 unspecified atom stereocenters. The van der Waals surface area contributed by atoms with Gasteiger partial charge in [-0.25, -0.2) is 18.6 Å². The van der Waals surface area contributed by atoms with Gasteiger partial charge in [-0.15, -0.1) is 0 Å². The maximum absolute atomic E-state index is 14.4. The average molecular weight is 400 g/mol. The first kappa shape index (κ1) is 20.4. The lowest BCUT2D eigenvalue weighted by Gasteiger charge is -2.25. The van der Waals surface area contributed by atoms with E-state index in [1.54, 1.807) is 37.3 Å². The van der Waals surface area contributed by atoms with Crippen LogP contribution in [-0.4, -0.2) is 47.7 Å². The molecule has 6 nitrogen and oxygen atoms in total. The highest BCUT2D eigenvalue weighted by Crippen LogP contribution is 2.34. The van der Waals surface area contributed by atoms with Gasteiger partial charge >= 0.3 is 6.03 Å². The maximum Gasteiger partial charge on any atom is 0.317 e. The number of halogens is 2. The summed E-state index contributed by atoms with van der Waals surface area (Å²) in [5, 5.41) is 8.23. The topological polar surface area (TPSA) is 65.0 Å². The van der Waals surface area contributed by atoms with Crippen LogP contribution in [0.3, 0.4) is 0 Å². The van der Waals surface area contributed by atoms with E-state index >= 15 is 0 Å². The molecule has 3 rings (SSSR count). The van der Waals surface area contributed by atoms with Gasteiger partial charge in [0.15, 0.2) is 0 Å². The van der Waals surface area contributed by atoms with Crippen LogP contribution in [0.25, 0.3) is 0 Å². The van der Waals surface area contributed by atoms with Crippen molar-refractivity contribution in [2.24, 2.45) is 5.10 Å². The van der Waals surface area contributed by atoms with Crippen molar-refractivity contribution in [3.8, 4) is 0 Å². The Morgan fingerprint density at radius 1 is 1.17 bits per heavy atom. The van der Waals surface area contributed by atoms with Crippen molar-refractivity contribution in [1.29, 1.82) is 0 Å². The molecular formula is C21H22F2N4O2. The van der Waals surface area contributed by atoms with Gasteiger partial charge in [0.1, 0.15) is 18.2 Å². The minimum atomic E-state index is -0.647. The Labute approximate surface area is 167 Å². The molecule has 0 bridgehead atoms. The van der Waals surface area contributed by atoms with Gasteiger partial charge in [-0.3, -0.25) is 4.79 Å². The number of nitrogens with one attached hydrogen (secondary N) is 1. The largest absolute Gasteiger partial charge is 0.338 e. The first-order valence-electron chi connectivity index (χ1n) is 9.29. The minimum absolute atomic E-state index is 0.211. The normalized spacial score (nSPS) is 15.8. The van der Waals surface area contributed by atoms with Crippen molar-refractivity contribution >= 4 is 17.6 Å². The van der Waals surface area contributed by atoms with E-state index < -0.39 is 17.8 Å². The van der Waals surface area contributed by atoms with Crippen LogP contribution in [0.15, 0.2) is 53.6 Å². The number of rotatable bonds is 5. The van der Waals surface area contributed by atoms with Gasteiger partial charge in [0, 0.05) is 25.6 Å². The third-order valence-corrected chi connectivity index (χ3v) is 4.65. The lowest BCUT2D eigenvalue weighted by Crippen LogP contribution is -2.43. The van der Waals surface area contributed by atoms with Crippen molar-refractivity contribution in [3.63, 3.8) is 0 Å². The van der Waals surface area contributed by atoms with E-state index in [9.17, 15) is 18.4 Å². The van der Waals surface area contributed by atoms with Gasteiger partial charge in [-0.05, 0) is 30.7 Å². The number of hydrogen-bond donors (Lipinski definition) is 1. The molecule has 0 fully saturated rings. The molecular weight excluding hydrogens is 378 g/mol. The Bertz CT molecular complexity index is 931. The SMILES string of the molecule is CCNC(=O)N(C)CC(=O)N1N=C(c2ccc(F)cc2)CC1c1ccccc1F. The molecule has 152 valence electrons. The second kappa shape index (κ2) is 8.81. The number of hydrogen-bond acceptors (Lipinski definition) is 3. The van der Waals surface area contributed by atoms with Gasteiger partial charge in [0.2, 0.25) is 0 Å². The monoisotopic (exact) mass is 400 g/mol. The molecule has 1 heterocycles. The summed E-state index contributed by atoms with van der Waals surface area (Å²) >= 11 is 0. The van der Waals surface area contributed by atoms with Crippen molar-refractivity contribution in [3.05, 3.63) is 71.3 Å². The molecule has 1 aliphatic heterocycles. The number of benzene rings is 2. The van der Waals surface area contributed by atoms with Crippen LogP contribution in [-0.2, 0) is 4.79 Å². The Hall–Kier alpha value is -3.29. The molecule has 0 aromatic heterocycles. The molecule has 0 saturated carbocycles.